The average Bonchev–Trinajstić information content (AvgIpc) is 2.43. The van der Waals surface area contributed by atoms with Crippen molar-refractivity contribution < 1.29 is 5.11 Å². The Morgan fingerprint density at radius 1 is 0.737 bits per heavy atom. The maximum absolute atomic E-state index is 9.29. The monoisotopic (exact) mass is 271 g/mol. The van der Waals surface area contributed by atoms with Crippen molar-refractivity contribution in [2.45, 2.75) is 96.9 Å². The van der Waals surface area contributed by atoms with E-state index in [0.29, 0.717) is 12.6 Å². The number of rotatable bonds is 15. The van der Waals surface area contributed by atoms with E-state index in [1.165, 1.54) is 70.6 Å². The summed E-state index contributed by atoms with van der Waals surface area (Å²) >= 11 is 0. The van der Waals surface area contributed by atoms with Crippen molar-refractivity contribution in [1.29, 1.82) is 0 Å². The van der Waals surface area contributed by atoms with Gasteiger partial charge in [-0.25, -0.2) is 0 Å². The first-order valence-electron chi connectivity index (χ1n) is 8.69. The lowest BCUT2D eigenvalue weighted by Gasteiger charge is -2.15. The Bertz CT molecular complexity index is 161. The summed E-state index contributed by atoms with van der Waals surface area (Å²) in [6, 6.07) is 0.330. The third kappa shape index (κ3) is 14.1. The highest BCUT2D eigenvalue weighted by Gasteiger charge is 2.05. The highest BCUT2D eigenvalue weighted by atomic mass is 16.3. The van der Waals surface area contributed by atoms with Crippen LogP contribution in [-0.2, 0) is 0 Å². The molecule has 0 aromatic heterocycles. The van der Waals surface area contributed by atoms with Crippen molar-refractivity contribution >= 4 is 0 Å². The van der Waals surface area contributed by atoms with Crippen molar-refractivity contribution in [3.05, 3.63) is 0 Å². The van der Waals surface area contributed by atoms with Gasteiger partial charge in [0.2, 0.25) is 0 Å². The molecule has 2 N–H and O–H groups in total. The minimum atomic E-state index is 0.292. The zero-order chi connectivity index (χ0) is 14.2. The van der Waals surface area contributed by atoms with Gasteiger partial charge in [0.1, 0.15) is 0 Å². The molecular formula is C17H37NO. The van der Waals surface area contributed by atoms with E-state index < -0.39 is 0 Å². The molecule has 0 fully saturated rings. The van der Waals surface area contributed by atoms with Crippen molar-refractivity contribution in [1.82, 2.24) is 5.32 Å². The van der Waals surface area contributed by atoms with Gasteiger partial charge in [-0.15, -0.1) is 0 Å². The van der Waals surface area contributed by atoms with Gasteiger partial charge >= 0.3 is 0 Å². The maximum Gasteiger partial charge on any atom is 0.0584 e. The van der Waals surface area contributed by atoms with Crippen LogP contribution in [0.1, 0.15) is 90.9 Å². The molecule has 0 aromatic rings. The van der Waals surface area contributed by atoms with Crippen LogP contribution in [0.5, 0.6) is 0 Å². The number of aliphatic hydroxyl groups excluding tert-OH is 1. The Morgan fingerprint density at radius 2 is 1.26 bits per heavy atom. The molecule has 0 aliphatic heterocycles. The second-order valence-electron chi connectivity index (χ2n) is 5.80. The van der Waals surface area contributed by atoms with E-state index in [1.807, 2.05) is 0 Å². The van der Waals surface area contributed by atoms with E-state index >= 15 is 0 Å². The summed E-state index contributed by atoms with van der Waals surface area (Å²) in [7, 11) is 0. The van der Waals surface area contributed by atoms with Crippen LogP contribution >= 0.6 is 0 Å². The number of unbranched alkanes of at least 4 members (excludes halogenated alkanes) is 9. The molecule has 0 radical (unpaired) electrons. The molecule has 0 heterocycles. The lowest BCUT2D eigenvalue weighted by Crippen LogP contribution is -2.33. The van der Waals surface area contributed by atoms with E-state index in [1.54, 1.807) is 0 Å². The van der Waals surface area contributed by atoms with Gasteiger partial charge in [-0.1, -0.05) is 78.1 Å². The Hall–Kier alpha value is -0.0800. The molecule has 0 aromatic carbocycles. The molecule has 0 aliphatic rings. The van der Waals surface area contributed by atoms with Crippen LogP contribution in [0.3, 0.4) is 0 Å². The van der Waals surface area contributed by atoms with Crippen LogP contribution in [0.4, 0.5) is 0 Å². The third-order valence-corrected chi connectivity index (χ3v) is 3.84. The van der Waals surface area contributed by atoms with E-state index in [0.717, 1.165) is 13.0 Å². The molecule has 116 valence electrons. The van der Waals surface area contributed by atoms with Crippen LogP contribution in [0.15, 0.2) is 0 Å². The van der Waals surface area contributed by atoms with E-state index in [2.05, 4.69) is 19.2 Å². The van der Waals surface area contributed by atoms with Crippen LogP contribution < -0.4 is 5.32 Å². The lowest BCUT2D eigenvalue weighted by atomic mass is 10.0. The van der Waals surface area contributed by atoms with Gasteiger partial charge in [0.15, 0.2) is 0 Å². The van der Waals surface area contributed by atoms with Gasteiger partial charge in [0.25, 0.3) is 0 Å². The van der Waals surface area contributed by atoms with Gasteiger partial charge < -0.3 is 10.4 Å². The average molecular weight is 271 g/mol. The van der Waals surface area contributed by atoms with Gasteiger partial charge in [-0.05, 0) is 19.4 Å². The second-order valence-corrected chi connectivity index (χ2v) is 5.80. The predicted octanol–water partition coefficient (Wildman–Crippen LogP) is 4.66. The number of nitrogens with one attached hydrogen (secondary N) is 1. The standard InChI is InChI=1S/C17H37NO/c1-3-5-7-8-9-10-11-12-13-14-17(16-19)18-15-6-4-2/h17-19H,3-16H2,1-2H3. The summed E-state index contributed by atoms with van der Waals surface area (Å²) in [6.07, 6.45) is 16.0. The highest BCUT2D eigenvalue weighted by molar-refractivity contribution is 4.65. The van der Waals surface area contributed by atoms with Crippen molar-refractivity contribution in [2.24, 2.45) is 0 Å². The molecule has 1 atom stereocenters. The summed E-state index contributed by atoms with van der Waals surface area (Å²) in [5, 5.41) is 12.7. The minimum Gasteiger partial charge on any atom is -0.395 e. The van der Waals surface area contributed by atoms with E-state index in [4.69, 9.17) is 0 Å². The molecule has 19 heavy (non-hydrogen) atoms. The summed E-state index contributed by atoms with van der Waals surface area (Å²) in [6.45, 7) is 5.82. The van der Waals surface area contributed by atoms with Crippen LogP contribution in [0.25, 0.3) is 0 Å². The molecule has 0 aliphatic carbocycles. The smallest absolute Gasteiger partial charge is 0.0584 e. The highest BCUT2D eigenvalue weighted by Crippen LogP contribution is 2.11. The molecule has 2 heteroatoms. The van der Waals surface area contributed by atoms with Crippen LogP contribution in [-0.4, -0.2) is 24.3 Å². The van der Waals surface area contributed by atoms with Gasteiger partial charge in [0.05, 0.1) is 6.61 Å². The minimum absolute atomic E-state index is 0.292. The van der Waals surface area contributed by atoms with Gasteiger partial charge in [-0.3, -0.25) is 0 Å². The number of hydrogen-bond acceptors (Lipinski definition) is 2. The zero-order valence-electron chi connectivity index (χ0n) is 13.4. The zero-order valence-corrected chi connectivity index (χ0v) is 13.4. The Morgan fingerprint density at radius 3 is 1.79 bits per heavy atom. The first-order valence-corrected chi connectivity index (χ1v) is 8.69. The quantitative estimate of drug-likeness (QED) is 0.425. The molecule has 2 nitrogen and oxygen atoms in total. The van der Waals surface area contributed by atoms with Crippen LogP contribution in [0.2, 0.25) is 0 Å². The SMILES string of the molecule is CCCCCCCCCCCC(CO)NCCCC. The number of hydrogen-bond donors (Lipinski definition) is 2. The molecular weight excluding hydrogens is 234 g/mol. The fourth-order valence-corrected chi connectivity index (χ4v) is 2.44. The fourth-order valence-electron chi connectivity index (χ4n) is 2.44. The van der Waals surface area contributed by atoms with Gasteiger partial charge in [-0.2, -0.15) is 0 Å². The third-order valence-electron chi connectivity index (χ3n) is 3.84. The molecule has 0 saturated heterocycles. The Labute approximate surface area is 121 Å². The molecule has 0 amide bonds. The second kappa shape index (κ2) is 16.0. The molecule has 0 saturated carbocycles. The van der Waals surface area contributed by atoms with E-state index in [9.17, 15) is 5.11 Å². The summed E-state index contributed by atoms with van der Waals surface area (Å²) in [5.74, 6) is 0. The van der Waals surface area contributed by atoms with Crippen LogP contribution in [0, 0.1) is 0 Å². The first kappa shape index (κ1) is 18.9. The molecule has 0 rings (SSSR count). The predicted molar refractivity (Wildman–Crippen MR) is 85.6 cm³/mol. The van der Waals surface area contributed by atoms with Crippen molar-refractivity contribution in [3.8, 4) is 0 Å². The first-order chi connectivity index (χ1) is 9.35. The lowest BCUT2D eigenvalue weighted by molar-refractivity contribution is 0.232. The maximum atomic E-state index is 9.29. The normalized spacial score (nSPS) is 12.8. The summed E-state index contributed by atoms with van der Waals surface area (Å²) < 4.78 is 0. The Balaban J connectivity index is 3.21. The fraction of sp³-hybridized carbons (Fsp3) is 1.00. The molecule has 1 unspecified atom stereocenters. The van der Waals surface area contributed by atoms with E-state index in [-0.39, 0.29) is 0 Å². The van der Waals surface area contributed by atoms with Crippen molar-refractivity contribution in [2.75, 3.05) is 13.2 Å². The largest absolute Gasteiger partial charge is 0.395 e. The molecule has 0 bridgehead atoms. The summed E-state index contributed by atoms with van der Waals surface area (Å²) in [4.78, 5) is 0. The Kier molecular flexibility index (Phi) is 15.9. The molecule has 0 spiro atoms. The topological polar surface area (TPSA) is 32.3 Å². The van der Waals surface area contributed by atoms with Crippen molar-refractivity contribution in [3.63, 3.8) is 0 Å². The number of aliphatic hydroxyl groups is 1. The summed E-state index contributed by atoms with van der Waals surface area (Å²) in [5.41, 5.74) is 0. The van der Waals surface area contributed by atoms with Gasteiger partial charge in [0, 0.05) is 6.04 Å².